The fraction of sp³-hybridized carbons (Fsp3) is 0.250. The fourth-order valence-corrected chi connectivity index (χ4v) is 2.42. The number of rotatable bonds is 4. The molecule has 1 amide bonds. The number of hydrogen-bond donors (Lipinski definition) is 1. The van der Waals surface area contributed by atoms with Crippen LogP contribution in [-0.4, -0.2) is 52.6 Å². The molecule has 1 aromatic carbocycles. The van der Waals surface area contributed by atoms with Crippen LogP contribution >= 0.6 is 0 Å². The average Bonchev–Trinajstić information content (AvgIpc) is 3.04. The minimum absolute atomic E-state index is 0.121. The molecule has 0 saturated carbocycles. The Morgan fingerprint density at radius 2 is 2.20 bits per heavy atom. The van der Waals surface area contributed by atoms with Gasteiger partial charge < -0.3 is 5.73 Å². The van der Waals surface area contributed by atoms with Crippen molar-refractivity contribution in [1.82, 2.24) is 15.2 Å². The monoisotopic (exact) mass is 339 g/mol. The second-order valence-corrected chi connectivity index (χ2v) is 5.88. The van der Waals surface area contributed by atoms with Crippen molar-refractivity contribution < 1.29 is 9.42 Å². The van der Waals surface area contributed by atoms with E-state index in [-0.39, 0.29) is 18.3 Å². The summed E-state index contributed by atoms with van der Waals surface area (Å²) in [7, 11) is 1.59. The van der Waals surface area contributed by atoms with Crippen molar-refractivity contribution in [2.45, 2.75) is 18.9 Å². The molecule has 128 valence electrons. The summed E-state index contributed by atoms with van der Waals surface area (Å²) < 4.78 is 4.70. The van der Waals surface area contributed by atoms with E-state index in [0.717, 1.165) is 5.56 Å². The van der Waals surface area contributed by atoms with Crippen molar-refractivity contribution in [2.24, 2.45) is 20.7 Å². The van der Waals surface area contributed by atoms with Crippen LogP contribution < -0.4 is 5.73 Å². The molecule has 9 nitrogen and oxygen atoms in total. The summed E-state index contributed by atoms with van der Waals surface area (Å²) in [5, 5.41) is 7.58. The molecule has 1 aromatic heterocycles. The maximum absolute atomic E-state index is 12.0. The van der Waals surface area contributed by atoms with Gasteiger partial charge in [-0.15, -0.1) is 0 Å². The minimum atomic E-state index is -0.826. The number of aromatic nitrogens is 2. The predicted molar refractivity (Wildman–Crippen MR) is 95.2 cm³/mol. The Bertz CT molecular complexity index is 927. The molecule has 0 bridgehead atoms. The summed E-state index contributed by atoms with van der Waals surface area (Å²) in [4.78, 5) is 25.9. The Balaban J connectivity index is 1.94. The van der Waals surface area contributed by atoms with Crippen LogP contribution in [0.25, 0.3) is 16.7 Å². The number of amides is 1. The largest absolute Gasteiger partial charge is 0.369 e. The fourth-order valence-electron chi connectivity index (χ4n) is 2.42. The van der Waals surface area contributed by atoms with E-state index in [2.05, 4.69) is 32.0 Å². The van der Waals surface area contributed by atoms with Crippen molar-refractivity contribution in [2.75, 3.05) is 7.05 Å². The molecule has 0 spiro atoms. The van der Waals surface area contributed by atoms with Crippen LogP contribution in [0.5, 0.6) is 0 Å². The van der Waals surface area contributed by atoms with Gasteiger partial charge in [-0.05, 0) is 36.1 Å². The van der Waals surface area contributed by atoms with E-state index in [0.29, 0.717) is 16.7 Å². The smallest absolute Gasteiger partial charge is 0.231 e. The van der Waals surface area contributed by atoms with E-state index < -0.39 is 5.54 Å². The first-order valence-electron chi connectivity index (χ1n) is 7.48. The summed E-state index contributed by atoms with van der Waals surface area (Å²) in [5.41, 5.74) is 7.51. The summed E-state index contributed by atoms with van der Waals surface area (Å²) in [6, 6.07) is 5.37. The third kappa shape index (κ3) is 3.30. The highest BCUT2D eigenvalue weighted by Crippen LogP contribution is 2.23. The average molecular weight is 339 g/mol. The highest BCUT2D eigenvalue weighted by molar-refractivity contribution is 6.02. The van der Waals surface area contributed by atoms with Crippen molar-refractivity contribution in [3.8, 4) is 0 Å². The van der Waals surface area contributed by atoms with Crippen molar-refractivity contribution in [1.29, 1.82) is 0 Å². The molecule has 2 aromatic rings. The number of carbonyl (C=O) groups is 1. The molecule has 0 unspecified atom stereocenters. The van der Waals surface area contributed by atoms with Gasteiger partial charge >= 0.3 is 0 Å². The molecule has 0 radical (unpaired) electrons. The van der Waals surface area contributed by atoms with Gasteiger partial charge in [-0.2, -0.15) is 0 Å². The van der Waals surface area contributed by atoms with E-state index in [1.165, 1.54) is 11.1 Å². The number of nitrogens with two attached hydrogens (primary N) is 1. The van der Waals surface area contributed by atoms with Crippen LogP contribution in [0.2, 0.25) is 0 Å². The quantitative estimate of drug-likeness (QED) is 0.839. The first-order valence-corrected chi connectivity index (χ1v) is 7.48. The maximum atomic E-state index is 12.0. The van der Waals surface area contributed by atoms with Crippen molar-refractivity contribution in [3.63, 3.8) is 0 Å². The van der Waals surface area contributed by atoms with Gasteiger partial charge in [0.25, 0.3) is 0 Å². The number of guanidine groups is 1. The summed E-state index contributed by atoms with van der Waals surface area (Å²) in [6.45, 7) is 5.26. The molecule has 0 fully saturated rings. The van der Waals surface area contributed by atoms with Gasteiger partial charge in [0.05, 0.1) is 18.3 Å². The highest BCUT2D eigenvalue weighted by atomic mass is 16.6. The summed E-state index contributed by atoms with van der Waals surface area (Å²) in [5.74, 6) is 0.0385. The molecule has 25 heavy (non-hydrogen) atoms. The molecule has 1 atom stereocenters. The van der Waals surface area contributed by atoms with Crippen LogP contribution in [0.15, 0.2) is 44.0 Å². The van der Waals surface area contributed by atoms with Crippen molar-refractivity contribution >= 4 is 41.5 Å². The van der Waals surface area contributed by atoms with Crippen LogP contribution in [0, 0.1) is 0 Å². The lowest BCUT2D eigenvalue weighted by Gasteiger charge is -2.30. The standard InChI is InChI=1S/C16H17N7O2/c1-16(7-14(24)23(3)15(17)20-16)9-19-13(8-18-2)10-4-5-11-12(6-10)22-25-21-11/h4-6,8-9H,2,7H2,1,3H3,(H2,17,20)/b13-8-,19-9?/t16-/m0/s1. The number of aliphatic imine (C=N–C) groups is 3. The number of fused-ring (bicyclic) bond motifs is 1. The second-order valence-electron chi connectivity index (χ2n) is 5.88. The molecule has 2 N–H and O–H groups in total. The Labute approximate surface area is 143 Å². The van der Waals surface area contributed by atoms with Gasteiger partial charge in [0.1, 0.15) is 16.6 Å². The Kier molecular flexibility index (Phi) is 4.14. The maximum Gasteiger partial charge on any atom is 0.231 e. The van der Waals surface area contributed by atoms with E-state index in [9.17, 15) is 4.79 Å². The Hall–Kier alpha value is -3.36. The molecule has 0 saturated heterocycles. The van der Waals surface area contributed by atoms with E-state index in [4.69, 9.17) is 10.4 Å². The van der Waals surface area contributed by atoms with Crippen LogP contribution in [0.3, 0.4) is 0 Å². The molecule has 9 heteroatoms. The number of hydrogen-bond acceptors (Lipinski definition) is 8. The van der Waals surface area contributed by atoms with Crippen LogP contribution in [0.1, 0.15) is 18.9 Å². The van der Waals surface area contributed by atoms with Crippen molar-refractivity contribution in [3.05, 3.63) is 30.0 Å². The molecule has 1 aliphatic heterocycles. The first kappa shape index (κ1) is 16.5. The number of carbonyl (C=O) groups excluding carboxylic acids is 1. The van der Waals surface area contributed by atoms with Gasteiger partial charge in [0, 0.05) is 18.8 Å². The van der Waals surface area contributed by atoms with Gasteiger partial charge in [-0.3, -0.25) is 19.7 Å². The van der Waals surface area contributed by atoms with Gasteiger partial charge in [-0.25, -0.2) is 9.62 Å². The predicted octanol–water partition coefficient (Wildman–Crippen LogP) is 1.23. The Morgan fingerprint density at radius 1 is 1.44 bits per heavy atom. The van der Waals surface area contributed by atoms with Gasteiger partial charge in [0.15, 0.2) is 5.96 Å². The first-order chi connectivity index (χ1) is 11.9. The second kappa shape index (κ2) is 6.27. The lowest BCUT2D eigenvalue weighted by molar-refractivity contribution is -0.127. The highest BCUT2D eigenvalue weighted by Gasteiger charge is 2.33. The lowest BCUT2D eigenvalue weighted by atomic mass is 9.98. The molecular weight excluding hydrogens is 322 g/mol. The summed E-state index contributed by atoms with van der Waals surface area (Å²) in [6.07, 6.45) is 3.28. The van der Waals surface area contributed by atoms with Crippen LogP contribution in [-0.2, 0) is 4.79 Å². The lowest BCUT2D eigenvalue weighted by Crippen LogP contribution is -2.49. The molecule has 3 rings (SSSR count). The van der Waals surface area contributed by atoms with E-state index >= 15 is 0 Å². The topological polar surface area (TPSA) is 122 Å². The number of nitrogens with zero attached hydrogens (tertiary/aromatic N) is 6. The zero-order valence-corrected chi connectivity index (χ0v) is 13.9. The van der Waals surface area contributed by atoms with Crippen LogP contribution in [0.4, 0.5) is 0 Å². The Morgan fingerprint density at radius 3 is 2.92 bits per heavy atom. The molecule has 1 aliphatic rings. The normalized spacial score (nSPS) is 21.8. The minimum Gasteiger partial charge on any atom is -0.369 e. The van der Waals surface area contributed by atoms with E-state index in [1.807, 2.05) is 6.07 Å². The molecule has 2 heterocycles. The zero-order valence-electron chi connectivity index (χ0n) is 13.9. The number of benzene rings is 1. The molecule has 0 aliphatic carbocycles. The van der Waals surface area contributed by atoms with E-state index in [1.54, 1.807) is 32.3 Å². The van der Waals surface area contributed by atoms with Gasteiger partial charge in [-0.1, -0.05) is 6.07 Å². The zero-order chi connectivity index (χ0) is 18.0. The third-order valence-corrected chi connectivity index (χ3v) is 3.84. The van der Waals surface area contributed by atoms with Gasteiger partial charge in [0.2, 0.25) is 5.91 Å². The molecular formula is C16H17N7O2. The summed E-state index contributed by atoms with van der Waals surface area (Å²) >= 11 is 0. The SMILES string of the molecule is C=N/C=C(\N=C[C@]1(C)CC(=O)N(C)C(N)=N1)c1ccc2nonc2c1. The third-order valence-electron chi connectivity index (χ3n) is 3.84.